The minimum Gasteiger partial charge on any atom is -0.456 e. The van der Waals surface area contributed by atoms with Gasteiger partial charge in [0.25, 0.3) is 0 Å². The molecule has 0 aliphatic heterocycles. The van der Waals surface area contributed by atoms with E-state index in [1.54, 1.807) is 17.8 Å². The van der Waals surface area contributed by atoms with E-state index in [4.69, 9.17) is 4.74 Å². The van der Waals surface area contributed by atoms with Gasteiger partial charge < -0.3 is 4.74 Å². The molecule has 0 radical (unpaired) electrons. The Bertz CT molecular complexity index is 605. The van der Waals surface area contributed by atoms with Crippen molar-refractivity contribution in [2.45, 2.75) is 11.8 Å². The Morgan fingerprint density at radius 2 is 1.95 bits per heavy atom. The summed E-state index contributed by atoms with van der Waals surface area (Å²) in [6, 6.07) is 13.4. The highest BCUT2D eigenvalue weighted by atomic mass is 32.2. The molecule has 0 saturated carbocycles. The van der Waals surface area contributed by atoms with Gasteiger partial charge in [-0.15, -0.1) is 11.8 Å². The maximum absolute atomic E-state index is 12.8. The maximum Gasteiger partial charge on any atom is 0.146 e. The third kappa shape index (κ3) is 3.27. The van der Waals surface area contributed by atoms with Gasteiger partial charge in [0.2, 0.25) is 0 Å². The molecule has 0 aliphatic carbocycles. The first kappa shape index (κ1) is 13.4. The van der Waals surface area contributed by atoms with Crippen molar-refractivity contribution in [3.63, 3.8) is 0 Å². The van der Waals surface area contributed by atoms with Crippen molar-refractivity contribution in [3.8, 4) is 17.6 Å². The zero-order valence-corrected chi connectivity index (χ0v) is 11.2. The van der Waals surface area contributed by atoms with Crippen LogP contribution in [0.25, 0.3) is 0 Å². The second kappa shape index (κ2) is 6.26. The van der Waals surface area contributed by atoms with Crippen LogP contribution in [0.5, 0.6) is 11.5 Å². The molecule has 0 fully saturated rings. The highest BCUT2D eigenvalue weighted by Gasteiger charge is 2.10. The molecule has 0 saturated heterocycles. The highest BCUT2D eigenvalue weighted by Crippen LogP contribution is 2.32. The molecule has 4 heteroatoms. The molecule has 0 bridgehead atoms. The van der Waals surface area contributed by atoms with Gasteiger partial charge in [-0.2, -0.15) is 5.26 Å². The molecule has 96 valence electrons. The lowest BCUT2D eigenvalue weighted by molar-refractivity contribution is 0.477. The lowest BCUT2D eigenvalue weighted by Gasteiger charge is -2.10. The number of thioether (sulfide) groups is 1. The van der Waals surface area contributed by atoms with Crippen LogP contribution in [-0.2, 0) is 0 Å². The number of hydrogen-bond donors (Lipinski definition) is 0. The standard InChI is InChI=1S/C15H12FNOS/c1-2-19-15-5-3-4-14(13(15)10-17)18-12-8-6-11(16)7-9-12/h3-9H,2H2,1H3. The fourth-order valence-corrected chi connectivity index (χ4v) is 2.39. The van der Waals surface area contributed by atoms with Crippen molar-refractivity contribution in [1.29, 1.82) is 5.26 Å². The van der Waals surface area contributed by atoms with Gasteiger partial charge in [-0.05, 0) is 42.2 Å². The summed E-state index contributed by atoms with van der Waals surface area (Å²) in [5, 5.41) is 9.24. The van der Waals surface area contributed by atoms with Gasteiger partial charge in [-0.3, -0.25) is 0 Å². The van der Waals surface area contributed by atoms with Crippen molar-refractivity contribution in [2.24, 2.45) is 0 Å². The summed E-state index contributed by atoms with van der Waals surface area (Å²) in [4.78, 5) is 0.893. The van der Waals surface area contributed by atoms with Gasteiger partial charge in [-0.1, -0.05) is 13.0 Å². The molecule has 2 nitrogen and oxygen atoms in total. The minimum atomic E-state index is -0.317. The Balaban J connectivity index is 2.32. The summed E-state index contributed by atoms with van der Waals surface area (Å²) in [6.45, 7) is 2.03. The summed E-state index contributed by atoms with van der Waals surface area (Å²) < 4.78 is 18.5. The predicted molar refractivity (Wildman–Crippen MR) is 74.0 cm³/mol. The lowest BCUT2D eigenvalue weighted by Crippen LogP contribution is -1.91. The SMILES string of the molecule is CCSc1cccc(Oc2ccc(F)cc2)c1C#N. The Hall–Kier alpha value is -1.99. The molecular weight excluding hydrogens is 261 g/mol. The summed E-state index contributed by atoms with van der Waals surface area (Å²) in [7, 11) is 0. The largest absolute Gasteiger partial charge is 0.456 e. The molecule has 0 N–H and O–H groups in total. The molecule has 0 amide bonds. The average molecular weight is 273 g/mol. The molecule has 0 aromatic heterocycles. The summed E-state index contributed by atoms with van der Waals surface area (Å²) in [6.07, 6.45) is 0. The van der Waals surface area contributed by atoms with Crippen LogP contribution < -0.4 is 4.74 Å². The molecule has 0 aliphatic rings. The first-order valence-electron chi connectivity index (χ1n) is 5.84. The number of halogens is 1. The van der Waals surface area contributed by atoms with Crippen LogP contribution in [-0.4, -0.2) is 5.75 Å². The highest BCUT2D eigenvalue weighted by molar-refractivity contribution is 7.99. The van der Waals surface area contributed by atoms with E-state index in [-0.39, 0.29) is 5.82 Å². The number of ether oxygens (including phenoxy) is 1. The average Bonchev–Trinajstić information content (AvgIpc) is 2.42. The van der Waals surface area contributed by atoms with Crippen LogP contribution in [0.1, 0.15) is 12.5 Å². The Morgan fingerprint density at radius 1 is 1.21 bits per heavy atom. The molecule has 0 atom stereocenters. The van der Waals surface area contributed by atoms with Crippen molar-refractivity contribution in [2.75, 3.05) is 5.75 Å². The van der Waals surface area contributed by atoms with Gasteiger partial charge >= 0.3 is 0 Å². The quantitative estimate of drug-likeness (QED) is 0.763. The molecule has 2 aromatic carbocycles. The molecule has 2 aromatic rings. The molecular formula is C15H12FNOS. The topological polar surface area (TPSA) is 33.0 Å². The zero-order chi connectivity index (χ0) is 13.7. The fraction of sp³-hybridized carbons (Fsp3) is 0.133. The van der Waals surface area contributed by atoms with E-state index in [0.717, 1.165) is 10.6 Å². The molecule has 0 spiro atoms. The summed E-state index contributed by atoms with van der Waals surface area (Å²) in [5.74, 6) is 1.57. The second-order valence-electron chi connectivity index (χ2n) is 3.73. The van der Waals surface area contributed by atoms with E-state index in [9.17, 15) is 9.65 Å². The van der Waals surface area contributed by atoms with E-state index in [2.05, 4.69) is 6.07 Å². The number of hydrogen-bond acceptors (Lipinski definition) is 3. The number of nitriles is 1. The predicted octanol–water partition coefficient (Wildman–Crippen LogP) is 4.60. The third-order valence-corrected chi connectivity index (χ3v) is 3.38. The van der Waals surface area contributed by atoms with E-state index in [1.165, 1.54) is 24.3 Å². The Morgan fingerprint density at radius 3 is 2.58 bits per heavy atom. The van der Waals surface area contributed by atoms with Crippen molar-refractivity contribution >= 4 is 11.8 Å². The van der Waals surface area contributed by atoms with Gasteiger partial charge in [-0.25, -0.2) is 4.39 Å². The van der Waals surface area contributed by atoms with Crippen molar-refractivity contribution in [1.82, 2.24) is 0 Å². The van der Waals surface area contributed by atoms with Crippen LogP contribution >= 0.6 is 11.8 Å². The normalized spacial score (nSPS) is 9.95. The van der Waals surface area contributed by atoms with E-state index < -0.39 is 0 Å². The number of nitrogens with zero attached hydrogens (tertiary/aromatic N) is 1. The fourth-order valence-electron chi connectivity index (χ4n) is 1.61. The number of rotatable bonds is 4. The van der Waals surface area contributed by atoms with Crippen LogP contribution in [0.3, 0.4) is 0 Å². The van der Waals surface area contributed by atoms with Gasteiger partial charge in [0.15, 0.2) is 0 Å². The monoisotopic (exact) mass is 273 g/mol. The molecule has 0 unspecified atom stereocenters. The number of benzene rings is 2. The Kier molecular flexibility index (Phi) is 4.43. The smallest absolute Gasteiger partial charge is 0.146 e. The molecule has 2 rings (SSSR count). The first-order valence-corrected chi connectivity index (χ1v) is 6.82. The van der Waals surface area contributed by atoms with Crippen LogP contribution in [0.2, 0.25) is 0 Å². The van der Waals surface area contributed by atoms with Crippen LogP contribution in [0.15, 0.2) is 47.4 Å². The summed E-state index contributed by atoms with van der Waals surface area (Å²) >= 11 is 1.59. The second-order valence-corrected chi connectivity index (χ2v) is 5.04. The van der Waals surface area contributed by atoms with Crippen LogP contribution in [0, 0.1) is 17.1 Å². The van der Waals surface area contributed by atoms with E-state index in [1.807, 2.05) is 19.1 Å². The van der Waals surface area contributed by atoms with Crippen LogP contribution in [0.4, 0.5) is 4.39 Å². The zero-order valence-electron chi connectivity index (χ0n) is 10.4. The lowest BCUT2D eigenvalue weighted by atomic mass is 10.2. The van der Waals surface area contributed by atoms with E-state index in [0.29, 0.717) is 17.1 Å². The van der Waals surface area contributed by atoms with E-state index >= 15 is 0 Å². The Labute approximate surface area is 115 Å². The summed E-state index contributed by atoms with van der Waals surface area (Å²) in [5.41, 5.74) is 0.513. The van der Waals surface area contributed by atoms with Crippen molar-refractivity contribution < 1.29 is 9.13 Å². The van der Waals surface area contributed by atoms with Crippen molar-refractivity contribution in [3.05, 3.63) is 53.8 Å². The first-order chi connectivity index (χ1) is 9.24. The molecule has 19 heavy (non-hydrogen) atoms. The van der Waals surface area contributed by atoms with Gasteiger partial charge in [0, 0.05) is 4.90 Å². The molecule has 0 heterocycles. The maximum atomic E-state index is 12.8. The van der Waals surface area contributed by atoms with Gasteiger partial charge in [0.05, 0.1) is 0 Å². The third-order valence-electron chi connectivity index (χ3n) is 2.44. The van der Waals surface area contributed by atoms with Gasteiger partial charge in [0.1, 0.15) is 28.9 Å². The minimum absolute atomic E-state index is 0.317.